The first-order chi connectivity index (χ1) is 13.0. The highest BCUT2D eigenvalue weighted by Gasteiger charge is 2.16. The summed E-state index contributed by atoms with van der Waals surface area (Å²) in [6.45, 7) is -0.430. The van der Waals surface area contributed by atoms with Gasteiger partial charge in [0.15, 0.2) is 18.1 Å². The monoisotopic (exact) mass is 391 g/mol. The van der Waals surface area contributed by atoms with Crippen LogP contribution in [0.1, 0.15) is 10.4 Å². The predicted octanol–water partition coefficient (Wildman–Crippen LogP) is 3.23. The summed E-state index contributed by atoms with van der Waals surface area (Å²) in [5.41, 5.74) is 0.754. The molecule has 0 spiro atoms. The van der Waals surface area contributed by atoms with E-state index in [2.05, 4.69) is 5.32 Å². The summed E-state index contributed by atoms with van der Waals surface area (Å²) in [4.78, 5) is 25.3. The lowest BCUT2D eigenvalue weighted by Crippen LogP contribution is -2.21. The predicted molar refractivity (Wildman–Crippen MR) is 103 cm³/mol. The quantitative estimate of drug-likeness (QED) is 0.546. The highest BCUT2D eigenvalue weighted by Crippen LogP contribution is 2.30. The van der Waals surface area contributed by atoms with E-state index in [1.54, 1.807) is 36.4 Å². The fourth-order valence-corrected chi connectivity index (χ4v) is 2.72. The van der Waals surface area contributed by atoms with E-state index in [1.165, 1.54) is 33.1 Å². The molecular formula is C19H21NO6S. The fraction of sp³-hybridized carbons (Fsp3) is 0.263. The molecule has 0 atom stereocenters. The number of benzene rings is 2. The Morgan fingerprint density at radius 2 is 1.63 bits per heavy atom. The SMILES string of the molecule is COc1ccc(NC(=O)COC(=O)c2ccc(SC)cc2OC)cc1OC. The van der Waals surface area contributed by atoms with Gasteiger partial charge in [-0.2, -0.15) is 0 Å². The van der Waals surface area contributed by atoms with Crippen molar-refractivity contribution in [3.05, 3.63) is 42.0 Å². The van der Waals surface area contributed by atoms with Crippen LogP contribution in [0.25, 0.3) is 0 Å². The van der Waals surface area contributed by atoms with Crippen molar-refractivity contribution in [2.45, 2.75) is 4.90 Å². The van der Waals surface area contributed by atoms with E-state index in [-0.39, 0.29) is 5.56 Å². The molecule has 0 radical (unpaired) electrons. The van der Waals surface area contributed by atoms with Gasteiger partial charge in [-0.3, -0.25) is 4.79 Å². The molecule has 0 bridgehead atoms. The van der Waals surface area contributed by atoms with E-state index in [4.69, 9.17) is 18.9 Å². The molecule has 0 heterocycles. The van der Waals surface area contributed by atoms with Crippen molar-refractivity contribution in [1.29, 1.82) is 0 Å². The zero-order valence-electron chi connectivity index (χ0n) is 15.5. The van der Waals surface area contributed by atoms with Gasteiger partial charge in [0.2, 0.25) is 0 Å². The molecule has 0 aliphatic heterocycles. The van der Waals surface area contributed by atoms with Gasteiger partial charge in [0.25, 0.3) is 5.91 Å². The van der Waals surface area contributed by atoms with Crippen molar-refractivity contribution in [3.63, 3.8) is 0 Å². The zero-order valence-corrected chi connectivity index (χ0v) is 16.3. The van der Waals surface area contributed by atoms with Crippen LogP contribution in [0.4, 0.5) is 5.69 Å². The summed E-state index contributed by atoms with van der Waals surface area (Å²) < 4.78 is 20.6. The minimum absolute atomic E-state index is 0.259. The lowest BCUT2D eigenvalue weighted by Gasteiger charge is -2.12. The molecule has 0 saturated carbocycles. The highest BCUT2D eigenvalue weighted by molar-refractivity contribution is 7.98. The Bertz CT molecular complexity index is 824. The number of nitrogens with one attached hydrogen (secondary N) is 1. The Morgan fingerprint density at radius 3 is 2.26 bits per heavy atom. The summed E-state index contributed by atoms with van der Waals surface area (Å²) in [5.74, 6) is 0.304. The third-order valence-electron chi connectivity index (χ3n) is 3.63. The number of hydrogen-bond acceptors (Lipinski definition) is 7. The molecule has 2 rings (SSSR count). The van der Waals surface area contributed by atoms with E-state index in [1.807, 2.05) is 6.26 Å². The summed E-state index contributed by atoms with van der Waals surface area (Å²) in [6, 6.07) is 10.1. The molecule has 0 aliphatic carbocycles. The molecule has 0 fully saturated rings. The maximum Gasteiger partial charge on any atom is 0.342 e. The van der Waals surface area contributed by atoms with Crippen molar-refractivity contribution in [1.82, 2.24) is 0 Å². The van der Waals surface area contributed by atoms with Gasteiger partial charge in [0, 0.05) is 16.6 Å². The van der Waals surface area contributed by atoms with Crippen molar-refractivity contribution in [2.24, 2.45) is 0 Å². The lowest BCUT2D eigenvalue weighted by atomic mass is 10.2. The van der Waals surface area contributed by atoms with Crippen molar-refractivity contribution >= 4 is 29.3 Å². The maximum atomic E-state index is 12.2. The van der Waals surface area contributed by atoms with Gasteiger partial charge in [-0.15, -0.1) is 11.8 Å². The lowest BCUT2D eigenvalue weighted by molar-refractivity contribution is -0.119. The van der Waals surface area contributed by atoms with Gasteiger partial charge in [0.1, 0.15) is 11.3 Å². The zero-order chi connectivity index (χ0) is 19.8. The van der Waals surface area contributed by atoms with Crippen LogP contribution in [-0.2, 0) is 9.53 Å². The molecule has 0 saturated heterocycles. The molecule has 1 amide bonds. The van der Waals surface area contributed by atoms with E-state index >= 15 is 0 Å². The van der Waals surface area contributed by atoms with Crippen LogP contribution in [0.2, 0.25) is 0 Å². The Hall–Kier alpha value is -2.87. The van der Waals surface area contributed by atoms with Gasteiger partial charge in [-0.25, -0.2) is 4.79 Å². The molecular weight excluding hydrogens is 370 g/mol. The second-order valence-corrected chi connectivity index (χ2v) is 6.14. The standard InChI is InChI=1S/C19H21NO6S/c1-23-15-8-5-12(9-17(15)25-3)20-18(21)11-26-19(22)14-7-6-13(27-4)10-16(14)24-2/h5-10H,11H2,1-4H3,(H,20,21). The molecule has 7 nitrogen and oxygen atoms in total. The number of thioether (sulfide) groups is 1. The van der Waals surface area contributed by atoms with Crippen LogP contribution < -0.4 is 19.5 Å². The fourth-order valence-electron chi connectivity index (χ4n) is 2.29. The van der Waals surface area contributed by atoms with E-state index in [0.29, 0.717) is 22.9 Å². The number of esters is 1. The largest absolute Gasteiger partial charge is 0.496 e. The molecule has 0 aromatic heterocycles. The second kappa shape index (κ2) is 9.72. The first kappa shape index (κ1) is 20.4. The van der Waals surface area contributed by atoms with Gasteiger partial charge in [-0.1, -0.05) is 0 Å². The summed E-state index contributed by atoms with van der Waals surface area (Å²) in [5, 5.41) is 2.64. The molecule has 0 unspecified atom stereocenters. The number of rotatable bonds is 8. The molecule has 2 aromatic carbocycles. The number of hydrogen-bond donors (Lipinski definition) is 1. The topological polar surface area (TPSA) is 83.1 Å². The van der Waals surface area contributed by atoms with Crippen LogP contribution in [0.3, 0.4) is 0 Å². The first-order valence-electron chi connectivity index (χ1n) is 7.93. The number of amides is 1. The van der Waals surface area contributed by atoms with Crippen LogP contribution in [-0.4, -0.2) is 46.1 Å². The van der Waals surface area contributed by atoms with Gasteiger partial charge in [0.05, 0.1) is 21.3 Å². The molecule has 8 heteroatoms. The van der Waals surface area contributed by atoms with Crippen molar-refractivity contribution < 1.29 is 28.5 Å². The van der Waals surface area contributed by atoms with Crippen molar-refractivity contribution in [3.8, 4) is 17.2 Å². The van der Waals surface area contributed by atoms with E-state index < -0.39 is 18.5 Å². The number of ether oxygens (including phenoxy) is 4. The number of anilines is 1. The Balaban J connectivity index is 1.98. The second-order valence-electron chi connectivity index (χ2n) is 5.26. The number of carbonyl (C=O) groups excluding carboxylic acids is 2. The summed E-state index contributed by atoms with van der Waals surface area (Å²) in [7, 11) is 4.50. The van der Waals surface area contributed by atoms with Crippen molar-refractivity contribution in [2.75, 3.05) is 39.5 Å². The maximum absolute atomic E-state index is 12.2. The van der Waals surface area contributed by atoms with Crippen LogP contribution >= 0.6 is 11.8 Å². The Morgan fingerprint density at radius 1 is 0.926 bits per heavy atom. The highest BCUT2D eigenvalue weighted by atomic mass is 32.2. The Labute approximate surface area is 161 Å². The Kier molecular flexibility index (Phi) is 7.36. The average Bonchev–Trinajstić information content (AvgIpc) is 2.71. The molecule has 1 N–H and O–H groups in total. The van der Waals surface area contributed by atoms with Crippen LogP contribution in [0.15, 0.2) is 41.3 Å². The minimum Gasteiger partial charge on any atom is -0.496 e. The van der Waals surface area contributed by atoms with Crippen LogP contribution in [0, 0.1) is 0 Å². The van der Waals surface area contributed by atoms with E-state index in [9.17, 15) is 9.59 Å². The molecule has 144 valence electrons. The third kappa shape index (κ3) is 5.30. The van der Waals surface area contributed by atoms with Crippen LogP contribution in [0.5, 0.6) is 17.2 Å². The van der Waals surface area contributed by atoms with E-state index in [0.717, 1.165) is 4.90 Å². The number of methoxy groups -OCH3 is 3. The van der Waals surface area contributed by atoms with Gasteiger partial charge >= 0.3 is 5.97 Å². The van der Waals surface area contributed by atoms with Gasteiger partial charge in [-0.05, 0) is 36.6 Å². The summed E-state index contributed by atoms with van der Waals surface area (Å²) in [6.07, 6.45) is 1.92. The third-order valence-corrected chi connectivity index (χ3v) is 4.36. The number of carbonyl (C=O) groups is 2. The smallest absolute Gasteiger partial charge is 0.342 e. The van der Waals surface area contributed by atoms with Gasteiger partial charge < -0.3 is 24.3 Å². The molecule has 0 aliphatic rings. The first-order valence-corrected chi connectivity index (χ1v) is 9.15. The summed E-state index contributed by atoms with van der Waals surface area (Å²) >= 11 is 1.53. The minimum atomic E-state index is -0.637. The molecule has 2 aromatic rings. The molecule has 27 heavy (non-hydrogen) atoms. The normalized spacial score (nSPS) is 10.1. The average molecular weight is 391 g/mol.